The Morgan fingerprint density at radius 3 is 2.16 bits per heavy atom. The van der Waals surface area contributed by atoms with Gasteiger partial charge in [0.1, 0.15) is 5.75 Å². The molecule has 0 bridgehead atoms. The SMILES string of the molecule is O=[N+]([O-])c1ccc(-c2nc(-c3ccc(OC(F)(F)F)cc3)n[nH]2)cc1. The quantitative estimate of drug-likeness (QED) is 0.568. The number of benzene rings is 2. The zero-order valence-electron chi connectivity index (χ0n) is 12.3. The standard InChI is InChI=1S/C15H9F3N4O3/c16-15(17,18)25-12-7-3-10(4-8-12)14-19-13(20-21-14)9-1-5-11(6-2-9)22(23)24/h1-8H,(H,19,20,21). The second kappa shape index (κ2) is 6.23. The van der Waals surface area contributed by atoms with Gasteiger partial charge in [-0.15, -0.1) is 13.2 Å². The maximum absolute atomic E-state index is 12.1. The third-order valence-electron chi connectivity index (χ3n) is 3.18. The lowest BCUT2D eigenvalue weighted by Gasteiger charge is -2.08. The Bertz CT molecular complexity index is 890. The number of hydrogen-bond acceptors (Lipinski definition) is 5. The fourth-order valence-corrected chi connectivity index (χ4v) is 2.07. The van der Waals surface area contributed by atoms with Crippen molar-refractivity contribution in [1.29, 1.82) is 0 Å². The van der Waals surface area contributed by atoms with Crippen LogP contribution in [0.5, 0.6) is 5.75 Å². The number of hydrogen-bond donors (Lipinski definition) is 1. The summed E-state index contributed by atoms with van der Waals surface area (Å²) in [5, 5.41) is 17.3. The molecule has 0 aliphatic rings. The fourth-order valence-electron chi connectivity index (χ4n) is 2.07. The van der Waals surface area contributed by atoms with E-state index in [2.05, 4.69) is 19.9 Å². The zero-order valence-corrected chi connectivity index (χ0v) is 12.3. The van der Waals surface area contributed by atoms with E-state index in [1.807, 2.05) is 0 Å². The summed E-state index contributed by atoms with van der Waals surface area (Å²) in [5.41, 5.74) is 1.02. The van der Waals surface area contributed by atoms with Gasteiger partial charge < -0.3 is 4.74 Å². The van der Waals surface area contributed by atoms with Crippen LogP contribution in [0.25, 0.3) is 22.8 Å². The topological polar surface area (TPSA) is 93.9 Å². The van der Waals surface area contributed by atoms with Crippen LogP contribution in [0.3, 0.4) is 0 Å². The molecule has 3 rings (SSSR count). The Labute approximate surface area is 138 Å². The van der Waals surface area contributed by atoms with Crippen molar-refractivity contribution in [1.82, 2.24) is 15.2 Å². The van der Waals surface area contributed by atoms with Crippen molar-refractivity contribution in [3.8, 4) is 28.5 Å². The highest BCUT2D eigenvalue weighted by atomic mass is 19.4. The summed E-state index contributed by atoms with van der Waals surface area (Å²) in [6, 6.07) is 10.8. The molecule has 0 amide bonds. The number of ether oxygens (including phenoxy) is 1. The van der Waals surface area contributed by atoms with Gasteiger partial charge in [0.2, 0.25) is 0 Å². The molecule has 0 saturated carbocycles. The number of nitro benzene ring substituents is 1. The van der Waals surface area contributed by atoms with E-state index in [1.165, 1.54) is 36.4 Å². The van der Waals surface area contributed by atoms with Crippen molar-refractivity contribution in [3.63, 3.8) is 0 Å². The van der Waals surface area contributed by atoms with Gasteiger partial charge >= 0.3 is 6.36 Å². The number of aromatic nitrogens is 3. The number of rotatable bonds is 4. The molecular weight excluding hydrogens is 341 g/mol. The Morgan fingerprint density at radius 2 is 1.60 bits per heavy atom. The summed E-state index contributed by atoms with van der Waals surface area (Å²) in [6.45, 7) is 0. The summed E-state index contributed by atoms with van der Waals surface area (Å²) < 4.78 is 40.2. The zero-order chi connectivity index (χ0) is 18.0. The van der Waals surface area contributed by atoms with E-state index in [-0.39, 0.29) is 17.3 Å². The molecule has 1 aromatic heterocycles. The minimum atomic E-state index is -4.75. The molecule has 1 heterocycles. The van der Waals surface area contributed by atoms with Gasteiger partial charge in [0.05, 0.1) is 4.92 Å². The van der Waals surface area contributed by atoms with Gasteiger partial charge in [-0.25, -0.2) is 4.98 Å². The van der Waals surface area contributed by atoms with Gasteiger partial charge in [0.25, 0.3) is 5.69 Å². The molecule has 0 atom stereocenters. The van der Waals surface area contributed by atoms with Crippen LogP contribution in [0.15, 0.2) is 48.5 Å². The van der Waals surface area contributed by atoms with Crippen LogP contribution in [0.2, 0.25) is 0 Å². The van der Waals surface area contributed by atoms with Crippen LogP contribution in [0.4, 0.5) is 18.9 Å². The fraction of sp³-hybridized carbons (Fsp3) is 0.0667. The van der Waals surface area contributed by atoms with Crippen LogP contribution < -0.4 is 4.74 Å². The second-order valence-corrected chi connectivity index (χ2v) is 4.88. The van der Waals surface area contributed by atoms with Crippen LogP contribution >= 0.6 is 0 Å². The highest BCUT2D eigenvalue weighted by molar-refractivity contribution is 5.62. The molecule has 3 aromatic rings. The average molecular weight is 350 g/mol. The lowest BCUT2D eigenvalue weighted by molar-refractivity contribution is -0.384. The van der Waals surface area contributed by atoms with E-state index < -0.39 is 11.3 Å². The van der Waals surface area contributed by atoms with Crippen molar-refractivity contribution < 1.29 is 22.8 Å². The largest absolute Gasteiger partial charge is 0.573 e. The summed E-state index contributed by atoms with van der Waals surface area (Å²) >= 11 is 0. The van der Waals surface area contributed by atoms with E-state index in [0.717, 1.165) is 12.1 Å². The Morgan fingerprint density at radius 1 is 1.00 bits per heavy atom. The second-order valence-electron chi connectivity index (χ2n) is 4.88. The smallest absolute Gasteiger partial charge is 0.406 e. The summed E-state index contributed by atoms with van der Waals surface area (Å²) in [6.07, 6.45) is -4.75. The number of alkyl halides is 3. The molecule has 0 radical (unpaired) electrons. The van der Waals surface area contributed by atoms with E-state index in [9.17, 15) is 23.3 Å². The monoisotopic (exact) mass is 350 g/mol. The highest BCUT2D eigenvalue weighted by Crippen LogP contribution is 2.26. The van der Waals surface area contributed by atoms with E-state index in [4.69, 9.17) is 0 Å². The first-order valence-electron chi connectivity index (χ1n) is 6.85. The number of nitro groups is 1. The van der Waals surface area contributed by atoms with Gasteiger partial charge in [0, 0.05) is 23.3 Å². The number of nitrogens with zero attached hydrogens (tertiary/aromatic N) is 3. The number of halogens is 3. The van der Waals surface area contributed by atoms with E-state index >= 15 is 0 Å². The maximum atomic E-state index is 12.1. The molecule has 7 nitrogen and oxygen atoms in total. The molecule has 0 unspecified atom stereocenters. The predicted molar refractivity (Wildman–Crippen MR) is 80.6 cm³/mol. The summed E-state index contributed by atoms with van der Waals surface area (Å²) in [5.74, 6) is 0.301. The van der Waals surface area contributed by atoms with Crippen molar-refractivity contribution in [2.45, 2.75) is 6.36 Å². The van der Waals surface area contributed by atoms with Crippen LogP contribution in [-0.4, -0.2) is 26.5 Å². The van der Waals surface area contributed by atoms with Gasteiger partial charge in [-0.3, -0.25) is 15.2 Å². The van der Waals surface area contributed by atoms with Crippen molar-refractivity contribution >= 4 is 5.69 Å². The number of aromatic amines is 1. The third kappa shape index (κ3) is 3.91. The minimum Gasteiger partial charge on any atom is -0.406 e. The molecule has 128 valence electrons. The normalized spacial score (nSPS) is 11.3. The van der Waals surface area contributed by atoms with Gasteiger partial charge in [-0.1, -0.05) is 0 Å². The molecule has 0 fully saturated rings. The molecule has 0 saturated heterocycles. The maximum Gasteiger partial charge on any atom is 0.573 e. The van der Waals surface area contributed by atoms with Crippen LogP contribution in [0, 0.1) is 10.1 Å². The number of non-ortho nitro benzene ring substituents is 1. The minimum absolute atomic E-state index is 0.0521. The van der Waals surface area contributed by atoms with Crippen molar-refractivity contribution in [2.75, 3.05) is 0 Å². The molecular formula is C15H9F3N4O3. The Hall–Kier alpha value is -3.43. The Kier molecular flexibility index (Phi) is 4.09. The molecule has 0 aliphatic heterocycles. The highest BCUT2D eigenvalue weighted by Gasteiger charge is 2.31. The first-order chi connectivity index (χ1) is 11.8. The summed E-state index contributed by atoms with van der Waals surface area (Å²) in [4.78, 5) is 14.4. The summed E-state index contributed by atoms with van der Waals surface area (Å²) in [7, 11) is 0. The lowest BCUT2D eigenvalue weighted by atomic mass is 10.2. The molecule has 0 aliphatic carbocycles. The molecule has 25 heavy (non-hydrogen) atoms. The van der Waals surface area contributed by atoms with Crippen molar-refractivity contribution in [2.24, 2.45) is 0 Å². The molecule has 10 heteroatoms. The van der Waals surface area contributed by atoms with Crippen LogP contribution in [0.1, 0.15) is 0 Å². The van der Waals surface area contributed by atoms with Crippen LogP contribution in [-0.2, 0) is 0 Å². The van der Waals surface area contributed by atoms with Crippen molar-refractivity contribution in [3.05, 3.63) is 58.6 Å². The number of nitrogens with one attached hydrogen (secondary N) is 1. The van der Waals surface area contributed by atoms with E-state index in [1.54, 1.807) is 0 Å². The number of H-pyrrole nitrogens is 1. The van der Waals surface area contributed by atoms with E-state index in [0.29, 0.717) is 17.0 Å². The average Bonchev–Trinajstić information content (AvgIpc) is 3.04. The third-order valence-corrected chi connectivity index (χ3v) is 3.18. The molecule has 0 spiro atoms. The molecule has 1 N–H and O–H groups in total. The first-order valence-corrected chi connectivity index (χ1v) is 6.85. The van der Waals surface area contributed by atoms with Gasteiger partial charge in [-0.2, -0.15) is 5.10 Å². The predicted octanol–water partition coefficient (Wildman–Crippen LogP) is 3.95. The molecule has 2 aromatic carbocycles. The van der Waals surface area contributed by atoms with Gasteiger partial charge in [-0.05, 0) is 36.4 Å². The van der Waals surface area contributed by atoms with Gasteiger partial charge in [0.15, 0.2) is 11.6 Å². The Balaban J connectivity index is 1.80. The first kappa shape index (κ1) is 16.4. The lowest BCUT2D eigenvalue weighted by Crippen LogP contribution is -2.16.